The molecule has 0 fully saturated rings. The molecule has 156 valence electrons. The van der Waals surface area contributed by atoms with Crippen LogP contribution >= 0.6 is 23.6 Å². The quantitative estimate of drug-likeness (QED) is 0.402. The van der Waals surface area contributed by atoms with Crippen molar-refractivity contribution in [1.82, 2.24) is 5.32 Å². The molecule has 8 heteroatoms. The number of thiophene rings is 1. The molecule has 1 aromatic carbocycles. The SMILES string of the molecule is CCCCCOc1ccccc1C(=O)NC(=S)Nc1sc(C)c(CC)c1C(N)=O. The Kier molecular flexibility index (Phi) is 8.60. The van der Waals surface area contributed by atoms with Crippen molar-refractivity contribution in [3.8, 4) is 5.75 Å². The molecule has 0 radical (unpaired) electrons. The van der Waals surface area contributed by atoms with Gasteiger partial charge in [-0.25, -0.2) is 0 Å². The highest BCUT2D eigenvalue weighted by molar-refractivity contribution is 7.80. The number of anilines is 1. The molecule has 0 aliphatic rings. The Labute approximate surface area is 180 Å². The smallest absolute Gasteiger partial charge is 0.261 e. The first-order chi connectivity index (χ1) is 13.9. The van der Waals surface area contributed by atoms with Crippen molar-refractivity contribution in [3.05, 3.63) is 45.8 Å². The Morgan fingerprint density at radius 2 is 1.93 bits per heavy atom. The Morgan fingerprint density at radius 1 is 1.21 bits per heavy atom. The van der Waals surface area contributed by atoms with Crippen LogP contribution in [0.1, 0.15) is 64.3 Å². The largest absolute Gasteiger partial charge is 0.493 e. The number of nitrogens with one attached hydrogen (secondary N) is 2. The summed E-state index contributed by atoms with van der Waals surface area (Å²) in [5, 5.41) is 6.24. The molecule has 0 saturated carbocycles. The predicted octanol–water partition coefficient (Wildman–Crippen LogP) is 4.41. The molecule has 4 N–H and O–H groups in total. The van der Waals surface area contributed by atoms with Crippen LogP contribution in [-0.2, 0) is 6.42 Å². The van der Waals surface area contributed by atoms with Gasteiger partial charge >= 0.3 is 0 Å². The maximum Gasteiger partial charge on any atom is 0.261 e. The average Bonchev–Trinajstić information content (AvgIpc) is 3.00. The minimum atomic E-state index is -0.520. The van der Waals surface area contributed by atoms with Gasteiger partial charge in [-0.3, -0.25) is 14.9 Å². The molecule has 1 aromatic heterocycles. The molecule has 0 atom stereocenters. The van der Waals surface area contributed by atoms with Crippen LogP contribution in [0.4, 0.5) is 5.00 Å². The van der Waals surface area contributed by atoms with Crippen molar-refractivity contribution in [1.29, 1.82) is 0 Å². The molecule has 2 aromatic rings. The number of thiocarbonyl (C=S) groups is 1. The third-order valence-corrected chi connectivity index (χ3v) is 5.67. The summed E-state index contributed by atoms with van der Waals surface area (Å²) in [5.74, 6) is -0.381. The molecule has 0 unspecified atom stereocenters. The standard InChI is InChI=1S/C21H27N3O3S2/c1-4-6-9-12-27-16-11-8-7-10-15(16)19(26)23-21(28)24-20-17(18(22)25)14(5-2)13(3)29-20/h7-8,10-11H,4-6,9,12H2,1-3H3,(H2,22,25)(H2,23,24,26,28). The number of unbranched alkanes of at least 4 members (excludes halogenated alkanes) is 2. The van der Waals surface area contributed by atoms with E-state index in [0.29, 0.717) is 34.9 Å². The summed E-state index contributed by atoms with van der Waals surface area (Å²) in [6.45, 7) is 6.56. The predicted molar refractivity (Wildman–Crippen MR) is 122 cm³/mol. The van der Waals surface area contributed by atoms with Gasteiger partial charge in [0.1, 0.15) is 10.8 Å². The first kappa shape index (κ1) is 22.8. The molecule has 0 saturated heterocycles. The minimum absolute atomic E-state index is 0.0992. The van der Waals surface area contributed by atoms with E-state index in [-0.39, 0.29) is 11.0 Å². The van der Waals surface area contributed by atoms with Crippen LogP contribution in [0.25, 0.3) is 0 Å². The van der Waals surface area contributed by atoms with Gasteiger partial charge in [-0.05, 0) is 49.7 Å². The molecule has 0 aliphatic heterocycles. The number of hydrogen-bond acceptors (Lipinski definition) is 5. The monoisotopic (exact) mass is 433 g/mol. The fourth-order valence-electron chi connectivity index (χ4n) is 2.97. The number of amides is 2. The molecule has 0 spiro atoms. The molecule has 2 rings (SSSR count). The Balaban J connectivity index is 2.09. The van der Waals surface area contributed by atoms with Crippen LogP contribution in [0.3, 0.4) is 0 Å². The zero-order valence-electron chi connectivity index (χ0n) is 17.0. The zero-order chi connectivity index (χ0) is 21.4. The number of aryl methyl sites for hydroxylation is 1. The highest BCUT2D eigenvalue weighted by Crippen LogP contribution is 2.33. The van der Waals surface area contributed by atoms with E-state index in [4.69, 9.17) is 22.7 Å². The maximum absolute atomic E-state index is 12.7. The molecule has 2 amide bonds. The van der Waals surface area contributed by atoms with Gasteiger partial charge in [0.2, 0.25) is 0 Å². The number of ether oxygens (including phenoxy) is 1. The normalized spacial score (nSPS) is 10.4. The lowest BCUT2D eigenvalue weighted by Gasteiger charge is -2.13. The molecule has 6 nitrogen and oxygen atoms in total. The molecular formula is C21H27N3O3S2. The molecule has 1 heterocycles. The summed E-state index contributed by atoms with van der Waals surface area (Å²) in [6, 6.07) is 7.04. The van der Waals surface area contributed by atoms with Crippen LogP contribution < -0.4 is 21.1 Å². The zero-order valence-corrected chi connectivity index (χ0v) is 18.6. The fourth-order valence-corrected chi connectivity index (χ4v) is 4.39. The Bertz CT molecular complexity index is 893. The van der Waals surface area contributed by atoms with E-state index in [9.17, 15) is 9.59 Å². The second kappa shape index (κ2) is 10.9. The highest BCUT2D eigenvalue weighted by Gasteiger charge is 2.21. The van der Waals surface area contributed by atoms with Gasteiger partial charge in [0.15, 0.2) is 5.11 Å². The van der Waals surface area contributed by atoms with Crippen LogP contribution in [0.15, 0.2) is 24.3 Å². The fraction of sp³-hybridized carbons (Fsp3) is 0.381. The van der Waals surface area contributed by atoms with Gasteiger partial charge in [0, 0.05) is 4.88 Å². The van der Waals surface area contributed by atoms with Crippen molar-refractivity contribution in [2.24, 2.45) is 5.73 Å². The van der Waals surface area contributed by atoms with Gasteiger partial charge in [-0.2, -0.15) is 0 Å². The summed E-state index contributed by atoms with van der Waals surface area (Å²) >= 11 is 6.67. The molecule has 0 bridgehead atoms. The van der Waals surface area contributed by atoms with E-state index >= 15 is 0 Å². The second-order valence-corrected chi connectivity index (χ2v) is 8.15. The summed E-state index contributed by atoms with van der Waals surface area (Å²) in [6.07, 6.45) is 3.79. The second-order valence-electron chi connectivity index (χ2n) is 6.52. The van der Waals surface area contributed by atoms with E-state index in [1.54, 1.807) is 18.2 Å². The van der Waals surface area contributed by atoms with E-state index < -0.39 is 5.91 Å². The molecule has 29 heavy (non-hydrogen) atoms. The van der Waals surface area contributed by atoms with Crippen LogP contribution in [0.5, 0.6) is 5.75 Å². The van der Waals surface area contributed by atoms with E-state index in [2.05, 4.69) is 17.6 Å². The van der Waals surface area contributed by atoms with Crippen LogP contribution in [0.2, 0.25) is 0 Å². The first-order valence-electron chi connectivity index (χ1n) is 9.65. The maximum atomic E-state index is 12.7. The lowest BCUT2D eigenvalue weighted by Crippen LogP contribution is -2.34. The first-order valence-corrected chi connectivity index (χ1v) is 10.9. The highest BCUT2D eigenvalue weighted by atomic mass is 32.1. The number of benzene rings is 1. The number of nitrogens with two attached hydrogens (primary N) is 1. The number of primary amides is 1. The van der Waals surface area contributed by atoms with Gasteiger partial charge < -0.3 is 15.8 Å². The molecule has 0 aliphatic carbocycles. The van der Waals surface area contributed by atoms with Gasteiger partial charge in [-0.15, -0.1) is 11.3 Å². The topological polar surface area (TPSA) is 93.4 Å². The lowest BCUT2D eigenvalue weighted by atomic mass is 10.1. The third-order valence-electron chi connectivity index (χ3n) is 4.40. The number of carbonyl (C=O) groups is 2. The van der Waals surface area contributed by atoms with Gasteiger partial charge in [0.25, 0.3) is 11.8 Å². The van der Waals surface area contributed by atoms with Gasteiger partial charge in [-0.1, -0.05) is 38.8 Å². The van der Waals surface area contributed by atoms with Crippen LogP contribution in [-0.4, -0.2) is 23.5 Å². The van der Waals surface area contributed by atoms with Crippen molar-refractivity contribution in [2.45, 2.75) is 46.5 Å². The number of rotatable bonds is 9. The summed E-state index contributed by atoms with van der Waals surface area (Å²) in [5.41, 5.74) is 7.26. The van der Waals surface area contributed by atoms with E-state index in [1.807, 2.05) is 19.9 Å². The van der Waals surface area contributed by atoms with Crippen LogP contribution in [0, 0.1) is 6.92 Å². The summed E-state index contributed by atoms with van der Waals surface area (Å²) in [7, 11) is 0. The van der Waals surface area contributed by atoms with Crippen molar-refractivity contribution < 1.29 is 14.3 Å². The Hall–Kier alpha value is -2.45. The van der Waals surface area contributed by atoms with E-state index in [1.165, 1.54) is 11.3 Å². The average molecular weight is 434 g/mol. The lowest BCUT2D eigenvalue weighted by molar-refractivity contribution is 0.0971. The van der Waals surface area contributed by atoms with Crippen molar-refractivity contribution in [3.63, 3.8) is 0 Å². The van der Waals surface area contributed by atoms with Gasteiger partial charge in [0.05, 0.1) is 17.7 Å². The summed E-state index contributed by atoms with van der Waals surface area (Å²) in [4.78, 5) is 25.6. The minimum Gasteiger partial charge on any atom is -0.493 e. The van der Waals surface area contributed by atoms with E-state index in [0.717, 1.165) is 29.7 Å². The number of para-hydroxylation sites is 1. The summed E-state index contributed by atoms with van der Waals surface area (Å²) < 4.78 is 5.76. The third kappa shape index (κ3) is 6.01. The van der Waals surface area contributed by atoms with Crippen molar-refractivity contribution >= 4 is 45.5 Å². The molecular weight excluding hydrogens is 406 g/mol. The van der Waals surface area contributed by atoms with Crippen molar-refractivity contribution in [2.75, 3.05) is 11.9 Å². The number of carbonyl (C=O) groups excluding carboxylic acids is 2. The Morgan fingerprint density at radius 3 is 2.59 bits per heavy atom. The number of hydrogen-bond donors (Lipinski definition) is 3.